The van der Waals surface area contributed by atoms with Crippen LogP contribution in [0, 0.1) is 0 Å². The molecule has 0 spiro atoms. The Kier molecular flexibility index (Phi) is 7.55. The van der Waals surface area contributed by atoms with Gasteiger partial charge in [0.2, 0.25) is 0 Å². The number of rotatable bonds is 8. The SMILES string of the molecule is CC([Te]C(C)C(=O)c1ccc(-c2ccccc2)cc1)C(=O)c1ccc(-c2ccccc2)cc1. The second-order valence-electron chi connectivity index (χ2n) is 8.04. The van der Waals surface area contributed by atoms with Crippen molar-refractivity contribution in [2.75, 3.05) is 0 Å². The fourth-order valence-corrected chi connectivity index (χ4v) is 7.04. The maximum atomic E-state index is 13.0. The van der Waals surface area contributed by atoms with Crippen LogP contribution in [0.25, 0.3) is 22.3 Å². The van der Waals surface area contributed by atoms with Crippen molar-refractivity contribution in [1.82, 2.24) is 0 Å². The van der Waals surface area contributed by atoms with Crippen LogP contribution in [-0.4, -0.2) is 32.5 Å². The number of benzene rings is 4. The normalized spacial score (nSPS) is 12.7. The van der Waals surface area contributed by atoms with E-state index in [1.54, 1.807) is 0 Å². The van der Waals surface area contributed by atoms with Crippen molar-refractivity contribution in [1.29, 1.82) is 0 Å². The van der Waals surface area contributed by atoms with Crippen molar-refractivity contribution in [3.8, 4) is 22.3 Å². The summed E-state index contributed by atoms with van der Waals surface area (Å²) >= 11 is -0.848. The van der Waals surface area contributed by atoms with Gasteiger partial charge >= 0.3 is 206 Å². The van der Waals surface area contributed by atoms with Crippen LogP contribution in [0.4, 0.5) is 0 Å². The molecule has 4 aromatic rings. The molecule has 2 unspecified atom stereocenters. The zero-order chi connectivity index (χ0) is 23.2. The molecule has 0 aliphatic heterocycles. The van der Waals surface area contributed by atoms with Crippen LogP contribution >= 0.6 is 0 Å². The van der Waals surface area contributed by atoms with Crippen molar-refractivity contribution in [2.45, 2.75) is 21.8 Å². The fourth-order valence-electron chi connectivity index (χ4n) is 3.81. The average Bonchev–Trinajstić information content (AvgIpc) is 2.89. The van der Waals surface area contributed by atoms with Crippen LogP contribution in [0.1, 0.15) is 34.6 Å². The van der Waals surface area contributed by atoms with E-state index in [4.69, 9.17) is 0 Å². The van der Waals surface area contributed by atoms with Gasteiger partial charge in [-0.15, -0.1) is 0 Å². The Bertz CT molecular complexity index is 1120. The zero-order valence-corrected chi connectivity index (χ0v) is 21.1. The molecular weight excluding hydrogens is 520 g/mol. The van der Waals surface area contributed by atoms with Gasteiger partial charge in [0, 0.05) is 0 Å². The first kappa shape index (κ1) is 23.2. The molecule has 0 bridgehead atoms. The number of ketones is 2. The summed E-state index contributed by atoms with van der Waals surface area (Å²) in [6.45, 7) is 3.94. The van der Waals surface area contributed by atoms with E-state index < -0.39 is 20.9 Å². The van der Waals surface area contributed by atoms with Gasteiger partial charge in [-0.2, -0.15) is 0 Å². The number of hydrogen-bond donors (Lipinski definition) is 0. The van der Waals surface area contributed by atoms with Crippen LogP contribution in [-0.2, 0) is 0 Å². The number of carbonyl (C=O) groups excluding carboxylic acids is 2. The van der Waals surface area contributed by atoms with Gasteiger partial charge in [0.15, 0.2) is 0 Å². The Morgan fingerprint density at radius 2 is 0.788 bits per heavy atom. The van der Waals surface area contributed by atoms with E-state index in [9.17, 15) is 9.59 Å². The van der Waals surface area contributed by atoms with E-state index >= 15 is 0 Å². The molecule has 164 valence electrons. The monoisotopic (exact) mass is 548 g/mol. The first-order chi connectivity index (χ1) is 16.0. The van der Waals surface area contributed by atoms with Crippen LogP contribution in [0.2, 0.25) is 7.93 Å². The van der Waals surface area contributed by atoms with Crippen molar-refractivity contribution in [2.24, 2.45) is 0 Å². The summed E-state index contributed by atoms with van der Waals surface area (Å²) in [7, 11) is 0. The Labute approximate surface area is 205 Å². The Morgan fingerprint density at radius 3 is 1.12 bits per heavy atom. The second kappa shape index (κ2) is 10.8. The molecule has 3 heteroatoms. The average molecular weight is 546 g/mol. The van der Waals surface area contributed by atoms with E-state index in [1.807, 2.05) is 98.8 Å². The van der Waals surface area contributed by atoms with Crippen molar-refractivity contribution in [3.05, 3.63) is 120 Å². The van der Waals surface area contributed by atoms with Crippen LogP contribution in [0.15, 0.2) is 109 Å². The van der Waals surface area contributed by atoms with Crippen molar-refractivity contribution < 1.29 is 9.59 Å². The van der Waals surface area contributed by atoms with E-state index in [0.29, 0.717) is 0 Å². The van der Waals surface area contributed by atoms with Gasteiger partial charge in [-0.05, 0) is 0 Å². The second-order valence-corrected chi connectivity index (χ2v) is 12.8. The Balaban J connectivity index is 1.39. The van der Waals surface area contributed by atoms with Gasteiger partial charge in [-0.25, -0.2) is 0 Å². The van der Waals surface area contributed by atoms with Crippen LogP contribution < -0.4 is 0 Å². The number of carbonyl (C=O) groups is 2. The summed E-state index contributed by atoms with van der Waals surface area (Å²) in [5, 5.41) is 0. The first-order valence-corrected chi connectivity index (χ1v) is 13.8. The summed E-state index contributed by atoms with van der Waals surface area (Å²) in [5.41, 5.74) is 5.91. The Hall–Kier alpha value is -2.99. The maximum absolute atomic E-state index is 13.0. The van der Waals surface area contributed by atoms with Crippen molar-refractivity contribution >= 4 is 32.5 Å². The molecule has 0 heterocycles. The molecule has 0 amide bonds. The Morgan fingerprint density at radius 1 is 0.485 bits per heavy atom. The van der Waals surface area contributed by atoms with Gasteiger partial charge < -0.3 is 0 Å². The third-order valence-corrected chi connectivity index (χ3v) is 9.25. The van der Waals surface area contributed by atoms with E-state index in [2.05, 4.69) is 24.3 Å². The summed E-state index contributed by atoms with van der Waals surface area (Å²) in [4.78, 5) is 26.0. The van der Waals surface area contributed by atoms with Crippen molar-refractivity contribution in [3.63, 3.8) is 0 Å². The fraction of sp³-hybridized carbons (Fsp3) is 0.133. The molecular formula is C30H26O2Te. The molecule has 0 radical (unpaired) electrons. The van der Waals surface area contributed by atoms with Gasteiger partial charge in [-0.3, -0.25) is 0 Å². The predicted octanol–water partition coefficient (Wildman–Crippen LogP) is 7.41. The van der Waals surface area contributed by atoms with Crippen LogP contribution in [0.5, 0.6) is 0 Å². The summed E-state index contributed by atoms with van der Waals surface area (Å²) < 4.78 is -0.193. The van der Waals surface area contributed by atoms with Gasteiger partial charge in [0.05, 0.1) is 0 Å². The predicted molar refractivity (Wildman–Crippen MR) is 137 cm³/mol. The summed E-state index contributed by atoms with van der Waals surface area (Å²) in [6.07, 6.45) is 0. The van der Waals surface area contributed by atoms with Gasteiger partial charge in [0.1, 0.15) is 0 Å². The first-order valence-electron chi connectivity index (χ1n) is 11.1. The molecule has 0 N–H and O–H groups in total. The molecule has 0 aromatic heterocycles. The molecule has 0 saturated heterocycles. The molecule has 0 saturated carbocycles. The molecule has 0 fully saturated rings. The molecule has 33 heavy (non-hydrogen) atoms. The standard InChI is InChI=1S/C30H26O2Te/c1-21(29(31)27-17-13-25(14-18-27)23-9-5-3-6-10-23)33-22(2)30(32)28-19-15-26(16-20-28)24-11-7-4-8-12-24/h3-22H,1-2H3. The van der Waals surface area contributed by atoms with Crippen LogP contribution in [0.3, 0.4) is 0 Å². The number of Topliss-reactive ketones (excluding diaryl/α,β-unsaturated/α-hetero) is 2. The third kappa shape index (κ3) is 5.69. The molecule has 4 aromatic carbocycles. The molecule has 4 rings (SSSR count). The molecule has 0 aliphatic carbocycles. The van der Waals surface area contributed by atoms with E-state index in [0.717, 1.165) is 33.4 Å². The topological polar surface area (TPSA) is 34.1 Å². The summed E-state index contributed by atoms with van der Waals surface area (Å²) in [6, 6.07) is 35.9. The third-order valence-electron chi connectivity index (χ3n) is 5.70. The quantitative estimate of drug-likeness (QED) is 0.171. The van der Waals surface area contributed by atoms with Gasteiger partial charge in [-0.1, -0.05) is 0 Å². The molecule has 0 aliphatic rings. The van der Waals surface area contributed by atoms with E-state index in [-0.39, 0.29) is 19.5 Å². The minimum atomic E-state index is -0.848. The minimum absolute atomic E-state index is 0.0967. The molecule has 2 nitrogen and oxygen atoms in total. The number of hydrogen-bond acceptors (Lipinski definition) is 2. The summed E-state index contributed by atoms with van der Waals surface area (Å²) in [5.74, 6) is 0.271. The van der Waals surface area contributed by atoms with Gasteiger partial charge in [0.25, 0.3) is 0 Å². The molecule has 2 atom stereocenters. The zero-order valence-electron chi connectivity index (χ0n) is 18.8. The van der Waals surface area contributed by atoms with E-state index in [1.165, 1.54) is 0 Å².